The van der Waals surface area contributed by atoms with E-state index in [2.05, 4.69) is 58.7 Å². The number of hydrogen-bond donors (Lipinski definition) is 1. The molecule has 0 aliphatic heterocycles. The fourth-order valence-corrected chi connectivity index (χ4v) is 2.48. The average Bonchev–Trinajstić information content (AvgIpc) is 2.46. The van der Waals surface area contributed by atoms with Crippen LogP contribution in [0.15, 0.2) is 57.5 Å². The lowest BCUT2D eigenvalue weighted by Crippen LogP contribution is -2.15. The van der Waals surface area contributed by atoms with Gasteiger partial charge in [-0.2, -0.15) is 4.51 Å². The molecule has 2 rings (SSSR count). The van der Waals surface area contributed by atoms with Crippen molar-refractivity contribution >= 4 is 39.2 Å². The van der Waals surface area contributed by atoms with Crippen LogP contribution < -0.4 is 5.32 Å². The first kappa shape index (κ1) is 16.1. The van der Waals surface area contributed by atoms with Crippen molar-refractivity contribution in [1.29, 1.82) is 0 Å². The van der Waals surface area contributed by atoms with Crippen molar-refractivity contribution in [2.24, 2.45) is 4.51 Å². The standard InChI is InChI=1S/C17H18BrClN2/c1-17(2,3)13-10-8-12(9-11-13)16(21-19)20-15-7-5-4-6-14(15)18/h4-11H,1-3H3,(H,20,21). The zero-order valence-corrected chi connectivity index (χ0v) is 14.7. The number of hydrogen-bond acceptors (Lipinski definition) is 1. The topological polar surface area (TPSA) is 24.4 Å². The molecular formula is C17H18BrClN2. The Morgan fingerprint density at radius 2 is 1.67 bits per heavy atom. The maximum atomic E-state index is 5.74. The largest absolute Gasteiger partial charge is 0.338 e. The maximum absolute atomic E-state index is 5.74. The van der Waals surface area contributed by atoms with E-state index in [0.29, 0.717) is 5.84 Å². The van der Waals surface area contributed by atoms with Gasteiger partial charge in [-0.25, -0.2) is 0 Å². The van der Waals surface area contributed by atoms with E-state index in [-0.39, 0.29) is 5.41 Å². The van der Waals surface area contributed by atoms with Gasteiger partial charge in [-0.05, 0) is 39.0 Å². The van der Waals surface area contributed by atoms with Gasteiger partial charge in [-0.1, -0.05) is 57.2 Å². The SMILES string of the molecule is CC(C)(C)c1ccc(/C(=N\Cl)Nc2ccccc2Br)cc1. The molecule has 0 unspecified atom stereocenters. The molecule has 0 saturated carbocycles. The molecule has 0 atom stereocenters. The lowest BCUT2D eigenvalue weighted by molar-refractivity contribution is 0.590. The van der Waals surface area contributed by atoms with Crippen LogP contribution in [0.3, 0.4) is 0 Å². The second kappa shape index (κ2) is 6.63. The molecule has 0 aliphatic carbocycles. The van der Waals surface area contributed by atoms with Crippen LogP contribution in [-0.2, 0) is 5.41 Å². The van der Waals surface area contributed by atoms with E-state index < -0.39 is 0 Å². The number of para-hydroxylation sites is 1. The van der Waals surface area contributed by atoms with Crippen molar-refractivity contribution in [3.05, 3.63) is 64.1 Å². The fraction of sp³-hybridized carbons (Fsp3) is 0.235. The Labute approximate surface area is 139 Å². The molecule has 1 N–H and O–H groups in total. The second-order valence-electron chi connectivity index (χ2n) is 5.87. The normalized spacial score (nSPS) is 12.3. The van der Waals surface area contributed by atoms with Crippen LogP contribution in [0, 0.1) is 0 Å². The summed E-state index contributed by atoms with van der Waals surface area (Å²) in [5.41, 5.74) is 3.29. The highest BCUT2D eigenvalue weighted by molar-refractivity contribution is 9.10. The van der Waals surface area contributed by atoms with Gasteiger partial charge in [0, 0.05) is 21.8 Å². The minimum absolute atomic E-state index is 0.132. The molecule has 110 valence electrons. The molecule has 2 aromatic carbocycles. The summed E-state index contributed by atoms with van der Waals surface area (Å²) in [5.74, 6) is 0.629. The minimum atomic E-state index is 0.132. The third-order valence-electron chi connectivity index (χ3n) is 3.24. The number of nitrogens with one attached hydrogen (secondary N) is 1. The summed E-state index contributed by atoms with van der Waals surface area (Å²) in [7, 11) is 0. The van der Waals surface area contributed by atoms with Gasteiger partial charge in [0.15, 0.2) is 5.84 Å². The highest BCUT2D eigenvalue weighted by Gasteiger charge is 2.14. The predicted octanol–water partition coefficient (Wildman–Crippen LogP) is 5.76. The molecule has 4 heteroatoms. The molecule has 2 aromatic rings. The highest BCUT2D eigenvalue weighted by Crippen LogP contribution is 2.24. The molecule has 0 aromatic heterocycles. The first-order valence-electron chi connectivity index (χ1n) is 6.73. The third kappa shape index (κ3) is 4.08. The summed E-state index contributed by atoms with van der Waals surface area (Å²) in [6.07, 6.45) is 0. The summed E-state index contributed by atoms with van der Waals surface area (Å²) in [6.45, 7) is 6.58. The molecule has 0 radical (unpaired) electrons. The first-order valence-corrected chi connectivity index (χ1v) is 7.86. The van der Waals surface area contributed by atoms with E-state index in [4.69, 9.17) is 11.8 Å². The molecule has 0 heterocycles. The number of anilines is 1. The Balaban J connectivity index is 2.25. The van der Waals surface area contributed by atoms with Crippen molar-refractivity contribution in [3.8, 4) is 0 Å². The maximum Gasteiger partial charge on any atom is 0.152 e. The van der Waals surface area contributed by atoms with Crippen molar-refractivity contribution < 1.29 is 0 Å². The van der Waals surface area contributed by atoms with E-state index in [1.54, 1.807) is 0 Å². The minimum Gasteiger partial charge on any atom is -0.338 e. The van der Waals surface area contributed by atoms with E-state index >= 15 is 0 Å². The number of halogens is 2. The van der Waals surface area contributed by atoms with Crippen LogP contribution in [0.1, 0.15) is 31.9 Å². The lowest BCUT2D eigenvalue weighted by atomic mass is 9.86. The van der Waals surface area contributed by atoms with E-state index in [0.717, 1.165) is 15.7 Å². The van der Waals surface area contributed by atoms with E-state index in [1.165, 1.54) is 5.56 Å². The summed E-state index contributed by atoms with van der Waals surface area (Å²) in [4.78, 5) is 0. The molecule has 0 amide bonds. The van der Waals surface area contributed by atoms with Crippen LogP contribution in [0.25, 0.3) is 0 Å². The molecular weight excluding hydrogens is 348 g/mol. The zero-order valence-electron chi connectivity index (χ0n) is 12.3. The van der Waals surface area contributed by atoms with Gasteiger partial charge < -0.3 is 5.32 Å². The molecule has 2 nitrogen and oxygen atoms in total. The van der Waals surface area contributed by atoms with Gasteiger partial charge in [-0.3, -0.25) is 0 Å². The van der Waals surface area contributed by atoms with Crippen LogP contribution in [0.5, 0.6) is 0 Å². The predicted molar refractivity (Wildman–Crippen MR) is 95.3 cm³/mol. The second-order valence-corrected chi connectivity index (χ2v) is 6.89. The average molecular weight is 366 g/mol. The van der Waals surface area contributed by atoms with Gasteiger partial charge in [0.1, 0.15) is 0 Å². The van der Waals surface area contributed by atoms with Gasteiger partial charge in [-0.15, -0.1) is 0 Å². The monoisotopic (exact) mass is 364 g/mol. The fourth-order valence-electron chi connectivity index (χ4n) is 1.96. The summed E-state index contributed by atoms with van der Waals surface area (Å²) in [5, 5.41) is 3.24. The van der Waals surface area contributed by atoms with Crippen molar-refractivity contribution in [1.82, 2.24) is 0 Å². The van der Waals surface area contributed by atoms with Crippen LogP contribution in [-0.4, -0.2) is 5.84 Å². The van der Waals surface area contributed by atoms with Crippen molar-refractivity contribution in [2.75, 3.05) is 5.32 Å². The molecule has 0 saturated heterocycles. The Bertz CT molecular complexity index is 643. The van der Waals surface area contributed by atoms with Crippen LogP contribution in [0.4, 0.5) is 5.69 Å². The van der Waals surface area contributed by atoms with Gasteiger partial charge in [0.25, 0.3) is 0 Å². The van der Waals surface area contributed by atoms with Crippen LogP contribution in [0.2, 0.25) is 0 Å². The molecule has 0 aliphatic rings. The van der Waals surface area contributed by atoms with Crippen molar-refractivity contribution in [3.63, 3.8) is 0 Å². The Morgan fingerprint density at radius 1 is 1.05 bits per heavy atom. The molecule has 0 fully saturated rings. The Kier molecular flexibility index (Phi) is 5.07. The van der Waals surface area contributed by atoms with Gasteiger partial charge >= 0.3 is 0 Å². The number of rotatable bonds is 2. The Morgan fingerprint density at radius 3 is 2.19 bits per heavy atom. The zero-order chi connectivity index (χ0) is 15.5. The summed E-state index contributed by atoms with van der Waals surface area (Å²) in [6, 6.07) is 16.1. The smallest absolute Gasteiger partial charge is 0.152 e. The van der Waals surface area contributed by atoms with Crippen LogP contribution >= 0.6 is 27.7 Å². The number of nitrogens with zero attached hydrogens (tertiary/aromatic N) is 1. The third-order valence-corrected chi connectivity index (χ3v) is 4.10. The highest BCUT2D eigenvalue weighted by atomic mass is 79.9. The van der Waals surface area contributed by atoms with Gasteiger partial charge in [0.2, 0.25) is 0 Å². The number of amidine groups is 1. The van der Waals surface area contributed by atoms with Crippen molar-refractivity contribution in [2.45, 2.75) is 26.2 Å². The molecule has 21 heavy (non-hydrogen) atoms. The Hall–Kier alpha value is -1.32. The van der Waals surface area contributed by atoms with E-state index in [1.807, 2.05) is 36.4 Å². The summed E-state index contributed by atoms with van der Waals surface area (Å²) >= 11 is 9.25. The first-order chi connectivity index (χ1) is 9.91. The number of benzene rings is 2. The molecule has 0 spiro atoms. The quantitative estimate of drug-likeness (QED) is 0.531. The summed E-state index contributed by atoms with van der Waals surface area (Å²) < 4.78 is 4.81. The van der Waals surface area contributed by atoms with Gasteiger partial charge in [0.05, 0.1) is 5.69 Å². The van der Waals surface area contributed by atoms with E-state index in [9.17, 15) is 0 Å². The molecule has 0 bridgehead atoms. The lowest BCUT2D eigenvalue weighted by Gasteiger charge is -2.19.